The van der Waals surface area contributed by atoms with Gasteiger partial charge in [-0.3, -0.25) is 9.78 Å². The normalized spacial score (nSPS) is 10.7. The summed E-state index contributed by atoms with van der Waals surface area (Å²) in [4.78, 5) is 13.6. The third kappa shape index (κ3) is 2.45. The molecule has 0 atom stereocenters. The van der Waals surface area contributed by atoms with Crippen LogP contribution in [0.4, 0.5) is 13.2 Å². The lowest BCUT2D eigenvalue weighted by atomic mass is 10.1. The van der Waals surface area contributed by atoms with Crippen LogP contribution in [0.25, 0.3) is 0 Å². The van der Waals surface area contributed by atoms with Crippen LogP contribution in [-0.2, 0) is 11.2 Å². The van der Waals surface area contributed by atoms with E-state index in [-0.39, 0.29) is 11.1 Å². The van der Waals surface area contributed by atoms with Gasteiger partial charge in [-0.1, -0.05) is 0 Å². The second kappa shape index (κ2) is 4.29. The standard InChI is InChI=1S/C9H8F3NO2/c1-4-7(10)5(2-6(14)15)3-13-8(4)9(11)12/h3,9H,2H2,1H3,(H,14,15). The maximum Gasteiger partial charge on any atom is 0.307 e. The predicted octanol–water partition coefficient (Wildman–Crippen LogP) is 2.09. The number of pyridine rings is 1. The summed E-state index contributed by atoms with van der Waals surface area (Å²) in [7, 11) is 0. The maximum absolute atomic E-state index is 13.3. The van der Waals surface area contributed by atoms with E-state index in [0.717, 1.165) is 13.1 Å². The molecular weight excluding hydrogens is 211 g/mol. The molecule has 0 bridgehead atoms. The number of nitrogens with zero attached hydrogens (tertiary/aromatic N) is 1. The fourth-order valence-electron chi connectivity index (χ4n) is 1.16. The van der Waals surface area contributed by atoms with Crippen molar-refractivity contribution >= 4 is 5.97 Å². The van der Waals surface area contributed by atoms with Gasteiger partial charge in [0.15, 0.2) is 0 Å². The zero-order valence-corrected chi connectivity index (χ0v) is 7.80. The van der Waals surface area contributed by atoms with E-state index < -0.39 is 30.3 Å². The highest BCUT2D eigenvalue weighted by molar-refractivity contribution is 5.70. The maximum atomic E-state index is 13.3. The molecule has 1 N–H and O–H groups in total. The zero-order chi connectivity index (χ0) is 11.6. The van der Waals surface area contributed by atoms with Gasteiger partial charge in [-0.2, -0.15) is 0 Å². The summed E-state index contributed by atoms with van der Waals surface area (Å²) < 4.78 is 37.9. The number of rotatable bonds is 3. The molecule has 0 radical (unpaired) electrons. The van der Waals surface area contributed by atoms with Gasteiger partial charge in [0.25, 0.3) is 6.43 Å². The van der Waals surface area contributed by atoms with Gasteiger partial charge in [0.05, 0.1) is 6.42 Å². The average molecular weight is 219 g/mol. The molecule has 0 spiro atoms. The van der Waals surface area contributed by atoms with Gasteiger partial charge in [0.2, 0.25) is 0 Å². The molecule has 0 aliphatic heterocycles. The van der Waals surface area contributed by atoms with Crippen LogP contribution in [0.5, 0.6) is 0 Å². The van der Waals surface area contributed by atoms with E-state index in [1.807, 2.05) is 0 Å². The molecule has 0 aromatic carbocycles. The quantitative estimate of drug-likeness (QED) is 0.846. The summed E-state index contributed by atoms with van der Waals surface area (Å²) >= 11 is 0. The van der Waals surface area contributed by atoms with E-state index >= 15 is 0 Å². The van der Waals surface area contributed by atoms with E-state index in [0.29, 0.717) is 0 Å². The van der Waals surface area contributed by atoms with Crippen LogP contribution >= 0.6 is 0 Å². The van der Waals surface area contributed by atoms with Crippen LogP contribution in [-0.4, -0.2) is 16.1 Å². The highest BCUT2D eigenvalue weighted by atomic mass is 19.3. The van der Waals surface area contributed by atoms with Crippen molar-refractivity contribution in [1.82, 2.24) is 4.98 Å². The Bertz CT molecular complexity index is 393. The first-order chi connectivity index (χ1) is 6.93. The Kier molecular flexibility index (Phi) is 3.28. The molecule has 3 nitrogen and oxygen atoms in total. The number of carboxylic acids is 1. The minimum absolute atomic E-state index is 0.190. The molecule has 1 heterocycles. The van der Waals surface area contributed by atoms with Crippen molar-refractivity contribution in [3.05, 3.63) is 28.8 Å². The second-order valence-corrected chi connectivity index (χ2v) is 2.98. The van der Waals surface area contributed by atoms with Crippen LogP contribution in [0.15, 0.2) is 6.20 Å². The fraction of sp³-hybridized carbons (Fsp3) is 0.333. The van der Waals surface area contributed by atoms with Crippen molar-refractivity contribution in [2.45, 2.75) is 19.8 Å². The average Bonchev–Trinajstić information content (AvgIpc) is 2.12. The summed E-state index contributed by atoms with van der Waals surface area (Å²) in [5.41, 5.74) is -1.14. The Balaban J connectivity index is 3.15. The molecule has 1 aromatic heterocycles. The fourth-order valence-corrected chi connectivity index (χ4v) is 1.16. The van der Waals surface area contributed by atoms with Crippen LogP contribution in [0, 0.1) is 12.7 Å². The third-order valence-corrected chi connectivity index (χ3v) is 1.90. The molecule has 0 fully saturated rings. The van der Waals surface area contributed by atoms with E-state index in [1.54, 1.807) is 0 Å². The van der Waals surface area contributed by atoms with Gasteiger partial charge in [-0.05, 0) is 6.92 Å². The van der Waals surface area contributed by atoms with Crippen molar-refractivity contribution in [3.63, 3.8) is 0 Å². The number of hydrogen-bond acceptors (Lipinski definition) is 2. The number of carbonyl (C=O) groups is 1. The molecular formula is C9H8F3NO2. The molecule has 1 rings (SSSR count). The van der Waals surface area contributed by atoms with Gasteiger partial charge in [-0.25, -0.2) is 13.2 Å². The highest BCUT2D eigenvalue weighted by Crippen LogP contribution is 2.23. The smallest absolute Gasteiger partial charge is 0.307 e. The first-order valence-electron chi connectivity index (χ1n) is 4.07. The van der Waals surface area contributed by atoms with Crippen LogP contribution < -0.4 is 0 Å². The third-order valence-electron chi connectivity index (χ3n) is 1.90. The van der Waals surface area contributed by atoms with E-state index in [4.69, 9.17) is 5.11 Å². The molecule has 0 aliphatic rings. The number of aromatic nitrogens is 1. The Morgan fingerprint density at radius 1 is 1.60 bits per heavy atom. The van der Waals surface area contributed by atoms with E-state index in [2.05, 4.69) is 4.98 Å². The zero-order valence-electron chi connectivity index (χ0n) is 7.80. The van der Waals surface area contributed by atoms with Gasteiger partial charge in [0, 0.05) is 17.3 Å². The monoisotopic (exact) mass is 219 g/mol. The lowest BCUT2D eigenvalue weighted by molar-refractivity contribution is -0.136. The molecule has 1 aromatic rings. The second-order valence-electron chi connectivity index (χ2n) is 2.98. The first kappa shape index (κ1) is 11.5. The molecule has 6 heteroatoms. The van der Waals surface area contributed by atoms with Gasteiger partial charge in [0.1, 0.15) is 11.5 Å². The number of hydrogen-bond donors (Lipinski definition) is 1. The van der Waals surface area contributed by atoms with E-state index in [1.165, 1.54) is 0 Å². The van der Waals surface area contributed by atoms with Gasteiger partial charge >= 0.3 is 5.97 Å². The van der Waals surface area contributed by atoms with Crippen molar-refractivity contribution < 1.29 is 23.1 Å². The van der Waals surface area contributed by atoms with Crippen LogP contribution in [0.2, 0.25) is 0 Å². The minimum atomic E-state index is -2.86. The SMILES string of the molecule is Cc1c(C(F)F)ncc(CC(=O)O)c1F. The molecule has 0 amide bonds. The van der Waals surface area contributed by atoms with Crippen molar-refractivity contribution in [2.24, 2.45) is 0 Å². The summed E-state index contributed by atoms with van der Waals surface area (Å²) in [6.45, 7) is 1.15. The van der Waals surface area contributed by atoms with Crippen molar-refractivity contribution in [3.8, 4) is 0 Å². The topological polar surface area (TPSA) is 50.2 Å². The number of aliphatic carboxylic acids is 1. The lowest BCUT2D eigenvalue weighted by Crippen LogP contribution is -2.07. The minimum Gasteiger partial charge on any atom is -0.481 e. The number of alkyl halides is 2. The van der Waals surface area contributed by atoms with Crippen molar-refractivity contribution in [1.29, 1.82) is 0 Å². The Labute approximate surface area is 83.6 Å². The predicted molar refractivity (Wildman–Crippen MR) is 45.2 cm³/mol. The Morgan fingerprint density at radius 2 is 2.20 bits per heavy atom. The summed E-state index contributed by atoms with van der Waals surface area (Å²) in [6.07, 6.45) is -2.60. The number of carboxylic acid groups (broad SMARTS) is 1. The van der Waals surface area contributed by atoms with E-state index in [9.17, 15) is 18.0 Å². The largest absolute Gasteiger partial charge is 0.481 e. The van der Waals surface area contributed by atoms with Gasteiger partial charge in [-0.15, -0.1) is 0 Å². The summed E-state index contributed by atoms with van der Waals surface area (Å²) in [6, 6.07) is 0. The van der Waals surface area contributed by atoms with Crippen molar-refractivity contribution in [2.75, 3.05) is 0 Å². The Morgan fingerprint density at radius 3 is 2.67 bits per heavy atom. The lowest BCUT2D eigenvalue weighted by Gasteiger charge is -2.07. The number of halogens is 3. The Hall–Kier alpha value is -1.59. The van der Waals surface area contributed by atoms with Gasteiger partial charge < -0.3 is 5.11 Å². The highest BCUT2D eigenvalue weighted by Gasteiger charge is 2.18. The summed E-state index contributed by atoms with van der Waals surface area (Å²) in [5, 5.41) is 8.42. The first-order valence-corrected chi connectivity index (χ1v) is 4.07. The molecule has 82 valence electrons. The van der Waals surface area contributed by atoms with Crippen LogP contribution in [0.3, 0.4) is 0 Å². The van der Waals surface area contributed by atoms with Crippen LogP contribution in [0.1, 0.15) is 23.2 Å². The molecule has 0 unspecified atom stereocenters. The molecule has 0 saturated heterocycles. The summed E-state index contributed by atoms with van der Waals surface area (Å²) in [5.74, 6) is -2.16. The molecule has 0 saturated carbocycles. The molecule has 15 heavy (non-hydrogen) atoms. The molecule has 0 aliphatic carbocycles.